The molecule has 2 saturated carbocycles. The smallest absolute Gasteiger partial charge is 0.550 e. The van der Waals surface area contributed by atoms with Crippen LogP contribution in [-0.2, 0) is 32.9 Å². The van der Waals surface area contributed by atoms with E-state index in [0.717, 1.165) is 38.9 Å². The third-order valence-electron chi connectivity index (χ3n) is 13.3. The Bertz CT molecular complexity index is 1230. The van der Waals surface area contributed by atoms with Gasteiger partial charge in [-0.15, -0.1) is 0 Å². The third kappa shape index (κ3) is 27.3. The minimum absolute atomic E-state index is 0. The molecule has 14 heteroatoms. The molecule has 0 aromatic carbocycles. The number of carbonyl (C=O) groups is 1. The molecule has 1 aliphatic heterocycles. The van der Waals surface area contributed by atoms with Gasteiger partial charge in [0.2, 0.25) is 0 Å². The first-order valence-corrected chi connectivity index (χ1v) is 30.1. The Labute approximate surface area is 450 Å². The largest absolute Gasteiger partial charge is 1.00 e. The van der Waals surface area contributed by atoms with Gasteiger partial charge in [-0.2, -0.15) is 0 Å². The van der Waals surface area contributed by atoms with Crippen LogP contribution in [0.5, 0.6) is 0 Å². The molecule has 3 aliphatic rings. The van der Waals surface area contributed by atoms with Crippen LogP contribution in [0.3, 0.4) is 0 Å². The summed E-state index contributed by atoms with van der Waals surface area (Å²) >= 11 is 3.57. The number of aliphatic carboxylic acids is 1. The number of ether oxygens (including phenoxy) is 5. The third-order valence-corrected chi connectivity index (χ3v) is 19.5. The van der Waals surface area contributed by atoms with Crippen LogP contribution < -0.4 is 56.5 Å². The standard InChI is InChI=1S/C27H53BrO3Si.C17H30O4.C4H8O2P2.2CH4.K/c1-9-10-13-16-22(29-5)18-19-24-23(17-14-11-12-15-20-28)26(21-25(24)30-6)31-32(7,8)27(2,3)4;1-4-5-6-7-12(19-2)8-9-13-14-10-17(18)21-16(14)11-15(13)20-3;5-4(6)2-1-3-8-7;;;/h18-19,22-26H,9-17,20-21H2,1-8H3;8-9,12-18H,4-7,10-11H2,1-3H3;3H,1-2,7H2,(H,5,6);2*1H4;/q;;;;;+1/p-1/b19-18+;9-8+;;;;/t22-,23+,24+,25+,26-;12?,13-,14?,15-,16?,17?;;;;/m01..../s1. The van der Waals surface area contributed by atoms with E-state index in [1.165, 1.54) is 70.6 Å². The van der Waals surface area contributed by atoms with Gasteiger partial charge in [0.1, 0.15) is 0 Å². The van der Waals surface area contributed by atoms with Crippen molar-refractivity contribution < 1.29 is 94.5 Å². The van der Waals surface area contributed by atoms with Crippen molar-refractivity contribution in [1.29, 1.82) is 0 Å². The van der Waals surface area contributed by atoms with Gasteiger partial charge in [-0.1, -0.05) is 170 Å². The van der Waals surface area contributed by atoms with Gasteiger partial charge in [-0.25, -0.2) is 0 Å². The number of methoxy groups -OCH3 is 4. The molecule has 64 heavy (non-hydrogen) atoms. The number of alkyl halides is 1. The van der Waals surface area contributed by atoms with E-state index in [1.807, 2.05) is 20.0 Å². The van der Waals surface area contributed by atoms with Crippen LogP contribution in [0.2, 0.25) is 18.1 Å². The van der Waals surface area contributed by atoms with Crippen LogP contribution >= 0.6 is 32.8 Å². The Morgan fingerprint density at radius 2 is 1.38 bits per heavy atom. The molecule has 1 heterocycles. The summed E-state index contributed by atoms with van der Waals surface area (Å²) in [7, 11) is 8.94. The summed E-state index contributed by atoms with van der Waals surface area (Å²) in [6.45, 7) is 16.3. The van der Waals surface area contributed by atoms with E-state index in [9.17, 15) is 15.0 Å². The summed E-state index contributed by atoms with van der Waals surface area (Å²) in [6, 6.07) is 0. The zero-order valence-corrected chi connectivity index (χ0v) is 49.0. The Morgan fingerprint density at radius 1 is 0.844 bits per heavy atom. The summed E-state index contributed by atoms with van der Waals surface area (Å²) < 4.78 is 35.6. The second-order valence-electron chi connectivity index (χ2n) is 18.7. The number of carboxylic acids is 1. The zero-order chi connectivity index (χ0) is 45.8. The summed E-state index contributed by atoms with van der Waals surface area (Å²) in [5.41, 5.74) is 0. The summed E-state index contributed by atoms with van der Waals surface area (Å²) in [5.74, 6) is 2.52. The predicted octanol–water partition coefficient (Wildman–Crippen LogP) is 9.75. The second-order valence-corrected chi connectivity index (χ2v) is 25.8. The van der Waals surface area contributed by atoms with Crippen molar-refractivity contribution in [1.82, 2.24) is 0 Å². The SMILES string of the molecule is C.C.CCCCCC(/C=C/[C@@H]1C2CC(O)OC2C[C@H]1OC)OC.CCCCC[C@@H](/C=C/[C@@H]1[C@@H](CCCCCCBr)[C@@H](O[Si](C)(C)C(C)(C)C)C[C@H]1OC)OC.O=C([O-])CCC=PP.[K+]. The van der Waals surface area contributed by atoms with E-state index >= 15 is 0 Å². The number of fused-ring (bicyclic) bond motifs is 1. The number of halogens is 1. The number of hydrogen-bond acceptors (Lipinski definition) is 9. The van der Waals surface area contributed by atoms with Crippen LogP contribution in [0.25, 0.3) is 0 Å². The van der Waals surface area contributed by atoms with Crippen molar-refractivity contribution in [3.8, 4) is 0 Å². The predicted molar refractivity (Wildman–Crippen MR) is 278 cm³/mol. The molecule has 12 atom stereocenters. The molecule has 3 fully saturated rings. The van der Waals surface area contributed by atoms with Crippen molar-refractivity contribution in [2.45, 2.75) is 226 Å². The zero-order valence-electron chi connectivity index (χ0n) is 41.3. The average Bonchev–Trinajstić information content (AvgIpc) is 3.86. The monoisotopic (exact) mass is 1050 g/mol. The van der Waals surface area contributed by atoms with Crippen LogP contribution in [0.4, 0.5) is 0 Å². The number of aliphatic hydroxyl groups excluding tert-OH is 1. The molecule has 0 bridgehead atoms. The summed E-state index contributed by atoms with van der Waals surface area (Å²) in [5, 5.41) is 20.7. The molecule has 0 radical (unpaired) electrons. The molecule has 0 spiro atoms. The van der Waals surface area contributed by atoms with Crippen molar-refractivity contribution in [3.63, 3.8) is 0 Å². The van der Waals surface area contributed by atoms with Crippen molar-refractivity contribution in [2.75, 3.05) is 33.8 Å². The normalized spacial score (nSPS) is 26.3. The fourth-order valence-corrected chi connectivity index (χ4v) is 11.1. The quantitative estimate of drug-likeness (QED) is 0.0283. The van der Waals surface area contributed by atoms with Gasteiger partial charge < -0.3 is 43.1 Å². The minimum Gasteiger partial charge on any atom is -0.550 e. The fraction of sp³-hybridized carbons (Fsp3) is 0.880. The first kappa shape index (κ1) is 69.9. The van der Waals surface area contributed by atoms with Gasteiger partial charge in [0.15, 0.2) is 14.6 Å². The molecule has 3 rings (SSSR count). The molecular formula is C50H98BrKO9P2Si. The van der Waals surface area contributed by atoms with Gasteiger partial charge in [0, 0.05) is 64.4 Å². The number of rotatable bonds is 27. The number of aliphatic hydroxyl groups is 1. The van der Waals surface area contributed by atoms with E-state index < -0.39 is 20.6 Å². The Morgan fingerprint density at radius 3 is 1.84 bits per heavy atom. The Balaban J connectivity index is -0.000000998. The van der Waals surface area contributed by atoms with Crippen LogP contribution in [0.1, 0.15) is 165 Å². The maximum absolute atomic E-state index is 9.73. The number of carbonyl (C=O) groups excluding carboxylic acids is 1. The van der Waals surface area contributed by atoms with Crippen LogP contribution in [0, 0.1) is 23.7 Å². The molecular weight excluding hydrogens is 954 g/mol. The van der Waals surface area contributed by atoms with E-state index in [0.29, 0.717) is 42.6 Å². The average molecular weight is 1050 g/mol. The van der Waals surface area contributed by atoms with Gasteiger partial charge in [-0.3, -0.25) is 0 Å². The fourth-order valence-electron chi connectivity index (χ4n) is 8.60. The number of unbranched alkanes of at least 4 members (excludes halogenated alkanes) is 7. The number of hydrogen-bond donors (Lipinski definition) is 1. The van der Waals surface area contributed by atoms with Gasteiger partial charge in [0.25, 0.3) is 0 Å². The maximum Gasteiger partial charge on any atom is 1.00 e. The molecule has 0 aromatic heterocycles. The van der Waals surface area contributed by atoms with Crippen LogP contribution in [0.15, 0.2) is 24.3 Å². The van der Waals surface area contributed by atoms with E-state index in [2.05, 4.69) is 96.9 Å². The summed E-state index contributed by atoms with van der Waals surface area (Å²) in [4.78, 5) is 9.73. The topological polar surface area (TPSA) is 116 Å². The van der Waals surface area contributed by atoms with Crippen LogP contribution in [-0.4, -0.2) is 102 Å². The molecule has 0 amide bonds. The summed E-state index contributed by atoms with van der Waals surface area (Å²) in [6.07, 6.45) is 29.2. The first-order chi connectivity index (χ1) is 29.1. The van der Waals surface area contributed by atoms with E-state index in [4.69, 9.17) is 28.1 Å². The number of carboxylic acid groups (broad SMARTS) is 1. The molecule has 1 N–H and O–H groups in total. The molecule has 374 valence electrons. The van der Waals surface area contributed by atoms with Crippen molar-refractivity contribution >= 4 is 52.8 Å². The molecule has 0 aromatic rings. The van der Waals surface area contributed by atoms with Crippen molar-refractivity contribution in [2.24, 2.45) is 23.7 Å². The van der Waals surface area contributed by atoms with Gasteiger partial charge in [-0.05, 0) is 74.9 Å². The second kappa shape index (κ2) is 40.2. The van der Waals surface area contributed by atoms with Gasteiger partial charge in [0.05, 0.1) is 36.6 Å². The molecule has 2 aliphatic carbocycles. The molecule has 5 unspecified atom stereocenters. The first-order valence-electron chi connectivity index (χ1n) is 23.5. The molecule has 1 saturated heterocycles. The maximum atomic E-state index is 9.73. The van der Waals surface area contributed by atoms with Crippen molar-refractivity contribution in [3.05, 3.63) is 24.3 Å². The molecule has 9 nitrogen and oxygen atoms in total. The minimum atomic E-state index is -1.83. The Kier molecular flexibility index (Phi) is 43.9. The van der Waals surface area contributed by atoms with Gasteiger partial charge >= 0.3 is 51.4 Å². The Hall–Kier alpha value is 1.60. The van der Waals surface area contributed by atoms with E-state index in [1.54, 1.807) is 14.2 Å². The van der Waals surface area contributed by atoms with E-state index in [-0.39, 0.29) is 108 Å².